The van der Waals surface area contributed by atoms with Crippen molar-refractivity contribution in [3.63, 3.8) is 0 Å². The first-order chi connectivity index (χ1) is 7.36. The van der Waals surface area contributed by atoms with Crippen molar-refractivity contribution in [2.45, 2.75) is 50.7 Å². The minimum Gasteiger partial charge on any atom is -0.378 e. The highest BCUT2D eigenvalue weighted by Gasteiger charge is 2.35. The molecular formula is C12H24N2O. The maximum absolute atomic E-state index is 5.57. The molecule has 0 aromatic carbocycles. The van der Waals surface area contributed by atoms with E-state index in [-0.39, 0.29) is 0 Å². The Morgan fingerprint density at radius 2 is 2.27 bits per heavy atom. The molecule has 0 aromatic heterocycles. The lowest BCUT2D eigenvalue weighted by Crippen LogP contribution is -2.55. The van der Waals surface area contributed by atoms with Gasteiger partial charge in [-0.2, -0.15) is 0 Å². The fourth-order valence-corrected chi connectivity index (χ4v) is 3.13. The van der Waals surface area contributed by atoms with E-state index in [0.29, 0.717) is 12.1 Å². The van der Waals surface area contributed by atoms with Crippen molar-refractivity contribution in [1.82, 2.24) is 10.2 Å². The standard InChI is InChI=1S/C12H24N2O/c1-3-10-9-15-8-7-14(10)12-6-4-5-11(12)13-2/h10-13H,3-9H2,1-2H3. The van der Waals surface area contributed by atoms with E-state index in [1.165, 1.54) is 25.7 Å². The Kier molecular flexibility index (Phi) is 4.00. The second-order valence-corrected chi connectivity index (χ2v) is 4.77. The van der Waals surface area contributed by atoms with Crippen molar-refractivity contribution in [2.75, 3.05) is 26.8 Å². The largest absolute Gasteiger partial charge is 0.378 e. The number of rotatable bonds is 3. The molecule has 0 radical (unpaired) electrons. The van der Waals surface area contributed by atoms with Crippen LogP contribution in [0.2, 0.25) is 0 Å². The fraction of sp³-hybridized carbons (Fsp3) is 1.00. The van der Waals surface area contributed by atoms with Crippen LogP contribution in [0.15, 0.2) is 0 Å². The van der Waals surface area contributed by atoms with E-state index in [4.69, 9.17) is 4.74 Å². The van der Waals surface area contributed by atoms with Crippen LogP contribution in [0.5, 0.6) is 0 Å². The molecule has 0 amide bonds. The molecule has 88 valence electrons. The highest BCUT2D eigenvalue weighted by atomic mass is 16.5. The summed E-state index contributed by atoms with van der Waals surface area (Å²) in [5.41, 5.74) is 0. The maximum atomic E-state index is 5.57. The smallest absolute Gasteiger partial charge is 0.0622 e. The molecular weight excluding hydrogens is 188 g/mol. The molecule has 3 atom stereocenters. The SMILES string of the molecule is CCC1COCCN1C1CCCC1NC. The Bertz CT molecular complexity index is 198. The highest BCUT2D eigenvalue weighted by Crippen LogP contribution is 2.27. The van der Waals surface area contributed by atoms with Crippen molar-refractivity contribution in [2.24, 2.45) is 0 Å². The average Bonchev–Trinajstić information content (AvgIpc) is 2.76. The quantitative estimate of drug-likeness (QED) is 0.762. The normalized spacial score (nSPS) is 38.4. The van der Waals surface area contributed by atoms with Crippen molar-refractivity contribution < 1.29 is 4.74 Å². The Morgan fingerprint density at radius 3 is 3.00 bits per heavy atom. The summed E-state index contributed by atoms with van der Waals surface area (Å²) in [6.45, 7) is 5.25. The zero-order valence-corrected chi connectivity index (χ0v) is 10.0. The van der Waals surface area contributed by atoms with Gasteiger partial charge in [0.25, 0.3) is 0 Å². The fourth-order valence-electron chi connectivity index (χ4n) is 3.13. The van der Waals surface area contributed by atoms with Crippen molar-refractivity contribution in [3.8, 4) is 0 Å². The van der Waals surface area contributed by atoms with E-state index in [1.807, 2.05) is 0 Å². The molecule has 1 saturated heterocycles. The van der Waals surface area contributed by atoms with Gasteiger partial charge in [0.2, 0.25) is 0 Å². The van der Waals surface area contributed by atoms with Crippen LogP contribution in [0, 0.1) is 0 Å². The van der Waals surface area contributed by atoms with E-state index in [0.717, 1.165) is 25.8 Å². The summed E-state index contributed by atoms with van der Waals surface area (Å²) in [4.78, 5) is 2.69. The van der Waals surface area contributed by atoms with Gasteiger partial charge < -0.3 is 10.1 Å². The lowest BCUT2D eigenvalue weighted by molar-refractivity contribution is -0.0331. The molecule has 15 heavy (non-hydrogen) atoms. The number of likely N-dealkylation sites (N-methyl/N-ethyl adjacent to an activating group) is 1. The number of nitrogens with one attached hydrogen (secondary N) is 1. The van der Waals surface area contributed by atoms with Gasteiger partial charge in [0.05, 0.1) is 13.2 Å². The molecule has 0 aromatic rings. The van der Waals surface area contributed by atoms with Crippen molar-refractivity contribution in [1.29, 1.82) is 0 Å². The number of ether oxygens (including phenoxy) is 1. The second-order valence-electron chi connectivity index (χ2n) is 4.77. The van der Waals surface area contributed by atoms with Crippen LogP contribution in [0.1, 0.15) is 32.6 Å². The van der Waals surface area contributed by atoms with E-state index < -0.39 is 0 Å². The summed E-state index contributed by atoms with van der Waals surface area (Å²) in [5, 5.41) is 3.47. The number of hydrogen-bond donors (Lipinski definition) is 1. The number of hydrogen-bond acceptors (Lipinski definition) is 3. The topological polar surface area (TPSA) is 24.5 Å². The first kappa shape index (κ1) is 11.4. The van der Waals surface area contributed by atoms with E-state index in [1.54, 1.807) is 0 Å². The molecule has 0 bridgehead atoms. The van der Waals surface area contributed by atoms with Crippen LogP contribution in [0.3, 0.4) is 0 Å². The van der Waals surface area contributed by atoms with Crippen LogP contribution in [-0.2, 0) is 4.74 Å². The Morgan fingerprint density at radius 1 is 1.40 bits per heavy atom. The van der Waals surface area contributed by atoms with Crippen LogP contribution in [-0.4, -0.2) is 49.8 Å². The van der Waals surface area contributed by atoms with E-state index in [2.05, 4.69) is 24.2 Å². The van der Waals surface area contributed by atoms with Gasteiger partial charge in [0, 0.05) is 24.7 Å². The van der Waals surface area contributed by atoms with E-state index in [9.17, 15) is 0 Å². The van der Waals surface area contributed by atoms with Gasteiger partial charge >= 0.3 is 0 Å². The summed E-state index contributed by atoms with van der Waals surface area (Å²) in [5.74, 6) is 0. The molecule has 1 aliphatic heterocycles. The third-order valence-corrected chi connectivity index (χ3v) is 4.02. The summed E-state index contributed by atoms with van der Waals surface area (Å²) >= 11 is 0. The summed E-state index contributed by atoms with van der Waals surface area (Å²) in [6.07, 6.45) is 5.30. The monoisotopic (exact) mass is 212 g/mol. The third kappa shape index (κ3) is 2.35. The van der Waals surface area contributed by atoms with Crippen molar-refractivity contribution >= 4 is 0 Å². The molecule has 2 fully saturated rings. The number of morpholine rings is 1. The van der Waals surface area contributed by atoms with Gasteiger partial charge in [-0.15, -0.1) is 0 Å². The van der Waals surface area contributed by atoms with Crippen LogP contribution in [0.4, 0.5) is 0 Å². The maximum Gasteiger partial charge on any atom is 0.0622 e. The molecule has 1 heterocycles. The predicted octanol–water partition coefficient (Wildman–Crippen LogP) is 1.24. The van der Waals surface area contributed by atoms with Gasteiger partial charge in [-0.25, -0.2) is 0 Å². The van der Waals surface area contributed by atoms with Gasteiger partial charge in [-0.1, -0.05) is 13.3 Å². The zero-order valence-electron chi connectivity index (χ0n) is 10.0. The molecule has 3 nitrogen and oxygen atoms in total. The summed E-state index contributed by atoms with van der Waals surface area (Å²) in [7, 11) is 2.10. The van der Waals surface area contributed by atoms with Crippen LogP contribution < -0.4 is 5.32 Å². The Labute approximate surface area is 93.2 Å². The summed E-state index contributed by atoms with van der Waals surface area (Å²) in [6, 6.07) is 2.11. The molecule has 3 heteroatoms. The lowest BCUT2D eigenvalue weighted by Gasteiger charge is -2.41. The molecule has 1 saturated carbocycles. The van der Waals surface area contributed by atoms with Crippen LogP contribution in [0.25, 0.3) is 0 Å². The average molecular weight is 212 g/mol. The molecule has 0 spiro atoms. The minimum atomic E-state index is 0.651. The third-order valence-electron chi connectivity index (χ3n) is 4.02. The van der Waals surface area contributed by atoms with Gasteiger partial charge in [0.15, 0.2) is 0 Å². The zero-order chi connectivity index (χ0) is 10.7. The molecule has 2 aliphatic rings. The first-order valence-electron chi connectivity index (χ1n) is 6.37. The molecule has 3 unspecified atom stereocenters. The second kappa shape index (κ2) is 5.28. The Hall–Kier alpha value is -0.120. The first-order valence-corrected chi connectivity index (χ1v) is 6.37. The van der Waals surface area contributed by atoms with Gasteiger partial charge in [-0.3, -0.25) is 4.90 Å². The predicted molar refractivity (Wildman–Crippen MR) is 62.1 cm³/mol. The molecule has 1 aliphatic carbocycles. The van der Waals surface area contributed by atoms with Gasteiger partial charge in [-0.05, 0) is 26.3 Å². The lowest BCUT2D eigenvalue weighted by atomic mass is 10.1. The highest BCUT2D eigenvalue weighted by molar-refractivity contribution is 4.93. The van der Waals surface area contributed by atoms with Crippen LogP contribution >= 0.6 is 0 Å². The Balaban J connectivity index is 1.99. The minimum absolute atomic E-state index is 0.651. The van der Waals surface area contributed by atoms with E-state index >= 15 is 0 Å². The molecule has 2 rings (SSSR count). The molecule has 1 N–H and O–H groups in total. The summed E-state index contributed by atoms with van der Waals surface area (Å²) < 4.78 is 5.57. The van der Waals surface area contributed by atoms with Gasteiger partial charge in [0.1, 0.15) is 0 Å². The number of nitrogens with zero attached hydrogens (tertiary/aromatic N) is 1. The van der Waals surface area contributed by atoms with Crippen molar-refractivity contribution in [3.05, 3.63) is 0 Å².